The summed E-state index contributed by atoms with van der Waals surface area (Å²) in [7, 11) is 0. The predicted molar refractivity (Wildman–Crippen MR) is 58.6 cm³/mol. The van der Waals surface area contributed by atoms with Gasteiger partial charge in [0.2, 0.25) is 0 Å². The molecular formula is C11H19N3O. The Morgan fingerprint density at radius 1 is 1.60 bits per heavy atom. The van der Waals surface area contributed by atoms with Crippen LogP contribution in [0.1, 0.15) is 25.1 Å². The van der Waals surface area contributed by atoms with Crippen molar-refractivity contribution in [3.8, 4) is 0 Å². The first kappa shape index (κ1) is 10.6. The lowest BCUT2D eigenvalue weighted by Gasteiger charge is -2.36. The Morgan fingerprint density at radius 2 is 2.40 bits per heavy atom. The molecule has 1 aliphatic carbocycles. The molecule has 15 heavy (non-hydrogen) atoms. The molecule has 4 heteroatoms. The zero-order valence-electron chi connectivity index (χ0n) is 9.24. The van der Waals surface area contributed by atoms with Crippen LogP contribution in [0.3, 0.4) is 0 Å². The van der Waals surface area contributed by atoms with Gasteiger partial charge in [0.05, 0.1) is 5.60 Å². The molecule has 0 bridgehead atoms. The number of aliphatic hydroxyl groups is 1. The van der Waals surface area contributed by atoms with Crippen molar-refractivity contribution in [2.45, 2.75) is 38.3 Å². The van der Waals surface area contributed by atoms with Gasteiger partial charge in [-0.1, -0.05) is 0 Å². The number of aromatic nitrogens is 2. The summed E-state index contributed by atoms with van der Waals surface area (Å²) in [6.07, 6.45) is 6.86. The molecule has 84 valence electrons. The largest absolute Gasteiger partial charge is 0.389 e. The van der Waals surface area contributed by atoms with E-state index >= 15 is 0 Å². The van der Waals surface area contributed by atoms with E-state index in [-0.39, 0.29) is 0 Å². The molecule has 0 amide bonds. The monoisotopic (exact) mass is 209 g/mol. The summed E-state index contributed by atoms with van der Waals surface area (Å²) in [6, 6.07) is 0. The van der Waals surface area contributed by atoms with Gasteiger partial charge >= 0.3 is 0 Å². The van der Waals surface area contributed by atoms with Crippen molar-refractivity contribution in [2.24, 2.45) is 0 Å². The smallest absolute Gasteiger partial charge is 0.105 e. The molecule has 0 radical (unpaired) electrons. The Hall–Kier alpha value is -0.870. The lowest BCUT2D eigenvalue weighted by Crippen LogP contribution is -2.46. The van der Waals surface area contributed by atoms with Gasteiger partial charge in [-0.05, 0) is 26.2 Å². The lowest BCUT2D eigenvalue weighted by molar-refractivity contribution is -0.0312. The number of hydrogen-bond donors (Lipinski definition) is 2. The summed E-state index contributed by atoms with van der Waals surface area (Å²) in [4.78, 5) is 4.16. The predicted octanol–water partition coefficient (Wildman–Crippen LogP) is 0.696. The zero-order valence-corrected chi connectivity index (χ0v) is 9.24. The third kappa shape index (κ3) is 2.58. The van der Waals surface area contributed by atoms with Gasteiger partial charge in [0, 0.05) is 32.0 Å². The van der Waals surface area contributed by atoms with Crippen molar-refractivity contribution >= 4 is 0 Å². The molecule has 2 N–H and O–H groups in total. The van der Waals surface area contributed by atoms with Crippen LogP contribution in [0.15, 0.2) is 12.4 Å². The first-order valence-corrected chi connectivity index (χ1v) is 5.60. The van der Waals surface area contributed by atoms with Crippen LogP contribution < -0.4 is 5.32 Å². The molecule has 0 aliphatic heterocycles. The van der Waals surface area contributed by atoms with Gasteiger partial charge in [0.15, 0.2) is 0 Å². The summed E-state index contributed by atoms with van der Waals surface area (Å²) < 4.78 is 2.11. The van der Waals surface area contributed by atoms with Crippen LogP contribution in [0.25, 0.3) is 0 Å². The highest BCUT2D eigenvalue weighted by Crippen LogP contribution is 2.30. The van der Waals surface area contributed by atoms with Crippen LogP contribution in [-0.4, -0.2) is 33.3 Å². The quantitative estimate of drug-likeness (QED) is 0.702. The third-order valence-electron chi connectivity index (χ3n) is 3.19. The third-order valence-corrected chi connectivity index (χ3v) is 3.19. The van der Waals surface area contributed by atoms with E-state index in [2.05, 4.69) is 14.9 Å². The van der Waals surface area contributed by atoms with Gasteiger partial charge in [0.1, 0.15) is 5.82 Å². The van der Waals surface area contributed by atoms with E-state index in [4.69, 9.17) is 0 Å². The second kappa shape index (κ2) is 4.33. The average molecular weight is 209 g/mol. The van der Waals surface area contributed by atoms with Crippen LogP contribution in [0.4, 0.5) is 0 Å². The van der Waals surface area contributed by atoms with Crippen LogP contribution in [0.2, 0.25) is 0 Å². The highest BCUT2D eigenvalue weighted by molar-refractivity contribution is 4.90. The first-order valence-electron chi connectivity index (χ1n) is 5.60. The summed E-state index contributed by atoms with van der Waals surface area (Å²) in [5, 5.41) is 13.1. The molecule has 1 aromatic rings. The van der Waals surface area contributed by atoms with Gasteiger partial charge in [0.25, 0.3) is 0 Å². The summed E-state index contributed by atoms with van der Waals surface area (Å²) in [6.45, 7) is 4.53. The number of aryl methyl sites for hydroxylation is 1. The zero-order chi connectivity index (χ0) is 10.7. The number of hydrogen-bond acceptors (Lipinski definition) is 3. The van der Waals surface area contributed by atoms with E-state index in [1.807, 2.05) is 19.3 Å². The van der Waals surface area contributed by atoms with Crippen molar-refractivity contribution in [3.63, 3.8) is 0 Å². The highest BCUT2D eigenvalue weighted by Gasteiger charge is 2.33. The van der Waals surface area contributed by atoms with Crippen molar-refractivity contribution in [3.05, 3.63) is 18.2 Å². The minimum atomic E-state index is -0.413. The van der Waals surface area contributed by atoms with Gasteiger partial charge in [-0.3, -0.25) is 0 Å². The minimum Gasteiger partial charge on any atom is -0.389 e. The summed E-state index contributed by atoms with van der Waals surface area (Å²) in [5.74, 6) is 1.04. The lowest BCUT2D eigenvalue weighted by atomic mass is 9.80. The first-order chi connectivity index (χ1) is 7.20. The van der Waals surface area contributed by atoms with Gasteiger partial charge in [-0.25, -0.2) is 4.98 Å². The molecule has 1 heterocycles. The van der Waals surface area contributed by atoms with Crippen LogP contribution in [0, 0.1) is 6.92 Å². The Labute approximate surface area is 90.3 Å². The molecule has 0 unspecified atom stereocenters. The Kier molecular flexibility index (Phi) is 3.07. The second-order valence-corrected chi connectivity index (χ2v) is 4.42. The molecule has 1 aromatic heterocycles. The number of imidazole rings is 1. The number of nitrogens with one attached hydrogen (secondary N) is 1. The van der Waals surface area contributed by atoms with Gasteiger partial charge < -0.3 is 15.0 Å². The maximum absolute atomic E-state index is 9.84. The summed E-state index contributed by atoms with van der Waals surface area (Å²) in [5.41, 5.74) is -0.413. The molecular weight excluding hydrogens is 190 g/mol. The van der Waals surface area contributed by atoms with Crippen LogP contribution in [0.5, 0.6) is 0 Å². The topological polar surface area (TPSA) is 50.1 Å². The molecule has 0 spiro atoms. The number of nitrogens with zero attached hydrogens (tertiary/aromatic N) is 2. The SMILES string of the molecule is Cc1nccn1CCNCC1(O)CCC1. The van der Waals surface area contributed by atoms with E-state index in [0.29, 0.717) is 0 Å². The molecule has 2 rings (SSSR count). The van der Waals surface area contributed by atoms with Crippen molar-refractivity contribution < 1.29 is 5.11 Å². The molecule has 1 saturated carbocycles. The molecule has 0 saturated heterocycles. The van der Waals surface area contributed by atoms with Gasteiger partial charge in [-0.2, -0.15) is 0 Å². The van der Waals surface area contributed by atoms with E-state index in [9.17, 15) is 5.11 Å². The fraction of sp³-hybridized carbons (Fsp3) is 0.727. The molecule has 0 atom stereocenters. The maximum Gasteiger partial charge on any atom is 0.105 e. The maximum atomic E-state index is 9.84. The van der Waals surface area contributed by atoms with Crippen LogP contribution in [-0.2, 0) is 6.54 Å². The molecule has 1 fully saturated rings. The highest BCUT2D eigenvalue weighted by atomic mass is 16.3. The van der Waals surface area contributed by atoms with E-state index in [1.54, 1.807) is 0 Å². The Balaban J connectivity index is 1.65. The molecule has 0 aromatic carbocycles. The normalized spacial score (nSPS) is 18.8. The fourth-order valence-corrected chi connectivity index (χ4v) is 1.92. The average Bonchev–Trinajstić information content (AvgIpc) is 2.56. The minimum absolute atomic E-state index is 0.413. The van der Waals surface area contributed by atoms with Gasteiger partial charge in [-0.15, -0.1) is 0 Å². The molecule has 4 nitrogen and oxygen atoms in total. The van der Waals surface area contributed by atoms with E-state index < -0.39 is 5.60 Å². The van der Waals surface area contributed by atoms with Crippen molar-refractivity contribution in [1.29, 1.82) is 0 Å². The van der Waals surface area contributed by atoms with E-state index in [1.165, 1.54) is 6.42 Å². The van der Waals surface area contributed by atoms with Crippen LogP contribution >= 0.6 is 0 Å². The number of rotatable bonds is 5. The van der Waals surface area contributed by atoms with Crippen molar-refractivity contribution in [2.75, 3.05) is 13.1 Å². The van der Waals surface area contributed by atoms with E-state index in [0.717, 1.165) is 38.3 Å². The van der Waals surface area contributed by atoms with Crippen molar-refractivity contribution in [1.82, 2.24) is 14.9 Å². The fourth-order valence-electron chi connectivity index (χ4n) is 1.92. The summed E-state index contributed by atoms with van der Waals surface area (Å²) >= 11 is 0. The molecule has 1 aliphatic rings. The Bertz CT molecular complexity index is 317. The second-order valence-electron chi connectivity index (χ2n) is 4.42. The standard InChI is InChI=1S/C11H19N3O/c1-10-13-6-8-14(10)7-5-12-9-11(15)3-2-4-11/h6,8,12,15H,2-5,7,9H2,1H3. The Morgan fingerprint density at radius 3 is 2.93 bits per heavy atom.